The summed E-state index contributed by atoms with van der Waals surface area (Å²) in [6.07, 6.45) is 2.21. The highest BCUT2D eigenvalue weighted by Crippen LogP contribution is 2.33. The molecule has 1 amide bonds. The summed E-state index contributed by atoms with van der Waals surface area (Å²) in [6.45, 7) is 2.03. The lowest BCUT2D eigenvalue weighted by molar-refractivity contribution is -0.120. The number of ether oxygens (including phenoxy) is 1. The molecule has 0 spiro atoms. The van der Waals surface area contributed by atoms with Crippen LogP contribution in [0.3, 0.4) is 0 Å². The zero-order valence-electron chi connectivity index (χ0n) is 12.7. The first kappa shape index (κ1) is 14.6. The maximum atomic E-state index is 12.9. The van der Waals surface area contributed by atoms with E-state index in [1.54, 1.807) is 29.9 Å². The summed E-state index contributed by atoms with van der Waals surface area (Å²) in [7, 11) is 1.56. The fraction of sp³-hybridized carbons (Fsp3) is 0.438. The van der Waals surface area contributed by atoms with Gasteiger partial charge >= 0.3 is 0 Å². The number of primary amides is 1. The van der Waals surface area contributed by atoms with Crippen molar-refractivity contribution in [2.24, 2.45) is 5.73 Å². The third kappa shape index (κ3) is 2.15. The zero-order chi connectivity index (χ0) is 15.9. The summed E-state index contributed by atoms with van der Waals surface area (Å²) in [5, 5.41) is 0.506. The second kappa shape index (κ2) is 5.44. The Balaban J connectivity index is 2.33. The molecule has 1 aliphatic heterocycles. The molecule has 1 aromatic heterocycles. The third-order valence-corrected chi connectivity index (χ3v) is 4.41. The van der Waals surface area contributed by atoms with Gasteiger partial charge in [-0.15, -0.1) is 0 Å². The van der Waals surface area contributed by atoms with Crippen LogP contribution in [0.5, 0.6) is 5.75 Å². The summed E-state index contributed by atoms with van der Waals surface area (Å²) < 4.78 is 6.84. The zero-order valence-corrected chi connectivity index (χ0v) is 12.7. The van der Waals surface area contributed by atoms with Crippen LogP contribution in [0.2, 0.25) is 0 Å². The highest BCUT2D eigenvalue weighted by Gasteiger charge is 2.32. The molecule has 2 atom stereocenters. The largest absolute Gasteiger partial charge is 0.497 e. The molecular formula is C16H19N3O3. The summed E-state index contributed by atoms with van der Waals surface area (Å²) in [5.74, 6) is 0.181. The Kier molecular flexibility index (Phi) is 3.60. The Morgan fingerprint density at radius 1 is 1.45 bits per heavy atom. The van der Waals surface area contributed by atoms with Gasteiger partial charge in [0.2, 0.25) is 5.91 Å². The SMILES string of the molecule is CC[C@@H]1CC[C@@H](C(N)=O)c2nc3ccc(OC)cc3c(=O)n21. The maximum Gasteiger partial charge on any atom is 0.261 e. The smallest absolute Gasteiger partial charge is 0.261 e. The van der Waals surface area contributed by atoms with E-state index in [1.807, 2.05) is 6.92 Å². The predicted octanol–water partition coefficient (Wildman–Crippen LogP) is 1.72. The van der Waals surface area contributed by atoms with E-state index in [2.05, 4.69) is 4.98 Å². The normalized spacial score (nSPS) is 20.6. The van der Waals surface area contributed by atoms with Crippen LogP contribution in [0, 0.1) is 0 Å². The van der Waals surface area contributed by atoms with Gasteiger partial charge in [-0.1, -0.05) is 6.92 Å². The average Bonchev–Trinajstić information content (AvgIpc) is 2.53. The number of aromatic nitrogens is 2. The molecule has 116 valence electrons. The topological polar surface area (TPSA) is 87.2 Å². The highest BCUT2D eigenvalue weighted by atomic mass is 16.5. The maximum absolute atomic E-state index is 12.9. The lowest BCUT2D eigenvalue weighted by Gasteiger charge is -2.30. The van der Waals surface area contributed by atoms with E-state index in [0.29, 0.717) is 28.9 Å². The molecule has 2 aromatic rings. The van der Waals surface area contributed by atoms with E-state index in [1.165, 1.54) is 0 Å². The van der Waals surface area contributed by atoms with Crippen LogP contribution in [0.15, 0.2) is 23.0 Å². The van der Waals surface area contributed by atoms with Gasteiger partial charge in [-0.05, 0) is 37.5 Å². The van der Waals surface area contributed by atoms with Crippen LogP contribution in [-0.2, 0) is 4.79 Å². The number of benzene rings is 1. The predicted molar refractivity (Wildman–Crippen MR) is 83.1 cm³/mol. The minimum absolute atomic E-state index is 0.0567. The van der Waals surface area contributed by atoms with Gasteiger partial charge in [-0.3, -0.25) is 14.2 Å². The first-order chi connectivity index (χ1) is 10.6. The molecule has 0 fully saturated rings. The van der Waals surface area contributed by atoms with Gasteiger partial charge < -0.3 is 10.5 Å². The van der Waals surface area contributed by atoms with Gasteiger partial charge in [0, 0.05) is 6.04 Å². The van der Waals surface area contributed by atoms with Crippen molar-refractivity contribution in [1.82, 2.24) is 9.55 Å². The minimum Gasteiger partial charge on any atom is -0.497 e. The summed E-state index contributed by atoms with van der Waals surface area (Å²) >= 11 is 0. The Morgan fingerprint density at radius 2 is 2.23 bits per heavy atom. The highest BCUT2D eigenvalue weighted by molar-refractivity contribution is 5.83. The lowest BCUT2D eigenvalue weighted by Crippen LogP contribution is -2.38. The van der Waals surface area contributed by atoms with Crippen molar-refractivity contribution in [1.29, 1.82) is 0 Å². The summed E-state index contributed by atoms with van der Waals surface area (Å²) in [5.41, 5.74) is 5.94. The number of nitrogens with zero attached hydrogens (tertiary/aromatic N) is 2. The monoisotopic (exact) mass is 301 g/mol. The van der Waals surface area contributed by atoms with Crippen LogP contribution >= 0.6 is 0 Å². The Morgan fingerprint density at radius 3 is 2.86 bits per heavy atom. The molecule has 6 nitrogen and oxygen atoms in total. The van der Waals surface area contributed by atoms with Crippen LogP contribution in [0.25, 0.3) is 10.9 Å². The van der Waals surface area contributed by atoms with Gasteiger partial charge in [0.25, 0.3) is 5.56 Å². The van der Waals surface area contributed by atoms with E-state index < -0.39 is 11.8 Å². The van der Waals surface area contributed by atoms with Gasteiger partial charge in [-0.2, -0.15) is 0 Å². The summed E-state index contributed by atoms with van der Waals surface area (Å²) in [4.78, 5) is 29.2. The van der Waals surface area contributed by atoms with Crippen LogP contribution in [0.4, 0.5) is 0 Å². The van der Waals surface area contributed by atoms with Crippen molar-refractivity contribution in [3.8, 4) is 5.75 Å². The van der Waals surface area contributed by atoms with Gasteiger partial charge in [0.05, 0.1) is 23.9 Å². The first-order valence-electron chi connectivity index (χ1n) is 7.46. The Bertz CT molecular complexity index is 797. The summed E-state index contributed by atoms with van der Waals surface area (Å²) in [6, 6.07) is 5.24. The standard InChI is InChI=1S/C16H19N3O3/c1-3-9-4-6-11(14(17)20)15-18-13-7-5-10(22-2)8-12(13)16(21)19(9)15/h5,7-9,11H,3-4,6H2,1-2H3,(H2,17,20)/t9-,11+/m1/s1. The molecule has 22 heavy (non-hydrogen) atoms. The molecule has 6 heteroatoms. The number of methoxy groups -OCH3 is 1. The van der Waals surface area contributed by atoms with E-state index in [4.69, 9.17) is 10.5 Å². The number of carbonyl (C=O) groups is 1. The minimum atomic E-state index is -0.498. The molecule has 1 aromatic carbocycles. The van der Waals surface area contributed by atoms with Crippen molar-refractivity contribution in [3.05, 3.63) is 34.4 Å². The van der Waals surface area contributed by atoms with E-state index in [-0.39, 0.29) is 11.6 Å². The molecular weight excluding hydrogens is 282 g/mol. The third-order valence-electron chi connectivity index (χ3n) is 4.41. The van der Waals surface area contributed by atoms with Crippen LogP contribution in [-0.4, -0.2) is 22.6 Å². The van der Waals surface area contributed by atoms with E-state index in [0.717, 1.165) is 12.8 Å². The van der Waals surface area contributed by atoms with E-state index in [9.17, 15) is 9.59 Å². The van der Waals surface area contributed by atoms with Gasteiger partial charge in [0.1, 0.15) is 11.6 Å². The quantitative estimate of drug-likeness (QED) is 0.935. The first-order valence-corrected chi connectivity index (χ1v) is 7.46. The molecule has 0 saturated heterocycles. The van der Waals surface area contributed by atoms with E-state index >= 15 is 0 Å². The van der Waals surface area contributed by atoms with Gasteiger partial charge in [0.15, 0.2) is 0 Å². The molecule has 2 N–H and O–H groups in total. The molecule has 0 bridgehead atoms. The Hall–Kier alpha value is -2.37. The Labute approximate surface area is 127 Å². The fourth-order valence-corrected chi connectivity index (χ4v) is 3.19. The van der Waals surface area contributed by atoms with Crippen molar-refractivity contribution < 1.29 is 9.53 Å². The molecule has 2 heterocycles. The van der Waals surface area contributed by atoms with Crippen LogP contribution < -0.4 is 16.0 Å². The number of amides is 1. The second-order valence-electron chi connectivity index (χ2n) is 5.62. The molecule has 3 rings (SSSR count). The number of nitrogens with two attached hydrogens (primary N) is 1. The number of fused-ring (bicyclic) bond motifs is 2. The molecule has 0 radical (unpaired) electrons. The van der Waals surface area contributed by atoms with Crippen LogP contribution in [0.1, 0.15) is 44.0 Å². The number of rotatable bonds is 3. The van der Waals surface area contributed by atoms with Crippen molar-refractivity contribution >= 4 is 16.8 Å². The molecule has 0 aliphatic carbocycles. The molecule has 1 aliphatic rings. The number of hydrogen-bond acceptors (Lipinski definition) is 4. The fourth-order valence-electron chi connectivity index (χ4n) is 3.19. The second-order valence-corrected chi connectivity index (χ2v) is 5.62. The van der Waals surface area contributed by atoms with Crippen molar-refractivity contribution in [2.75, 3.05) is 7.11 Å². The van der Waals surface area contributed by atoms with Crippen molar-refractivity contribution in [2.45, 2.75) is 38.1 Å². The number of carbonyl (C=O) groups excluding carboxylic acids is 1. The molecule has 0 saturated carbocycles. The van der Waals surface area contributed by atoms with Crippen molar-refractivity contribution in [3.63, 3.8) is 0 Å². The van der Waals surface area contributed by atoms with Gasteiger partial charge in [-0.25, -0.2) is 4.98 Å². The molecule has 0 unspecified atom stereocenters. The lowest BCUT2D eigenvalue weighted by atomic mass is 9.91. The average molecular weight is 301 g/mol. The number of hydrogen-bond donors (Lipinski definition) is 1.